The van der Waals surface area contributed by atoms with Gasteiger partial charge in [0.15, 0.2) is 80.8 Å². The molecule has 18 fully saturated rings. The summed E-state index contributed by atoms with van der Waals surface area (Å²) < 4.78 is 142. The van der Waals surface area contributed by atoms with Gasteiger partial charge in [0.2, 0.25) is 29.2 Å². The third-order valence-corrected chi connectivity index (χ3v) is 41.9. The molecule has 10 N–H and O–H groups in total. The van der Waals surface area contributed by atoms with Gasteiger partial charge in [-0.3, -0.25) is 28.8 Å². The summed E-state index contributed by atoms with van der Waals surface area (Å²) in [7, 11) is 6.74. The van der Waals surface area contributed by atoms with Crippen LogP contribution < -0.4 is 5.90 Å². The maximum Gasteiger partial charge on any atom is 0.306 e. The van der Waals surface area contributed by atoms with Gasteiger partial charge in [-0.2, -0.15) is 0 Å². The summed E-state index contributed by atoms with van der Waals surface area (Å²) in [5.74, 6) is -2.71. The number of amides is 2. The first-order valence-electron chi connectivity index (χ1n) is 53.2. The standard InChI is InChI=1S/C29H41FN2O7.C27H39FN2O6.C27H36FNO8.C24H31FO6.C3H7NO3/c1-18-12-22-21-7-6-19-13-20(31-39-11-9-24(34)32(4)5)8-10-25(19,2)28(21,30)23(33)14-26(22,3)29(18)27(37-17-38-29)15-35-16-36-27;1-16-12-20-19-7-6-17-13-18(29-36-11-9-23(34)30(4)5)8-10-24(17,2)26(19,28)21(32)14-25(20,3)27(16,35)22(33)15-31;1-16-10-20-19-5-4-17-11-18(29-37-9-7-22(31)32)6-8-23(17,2)26(19,28)21(30)12-24(20,3)27(16)25(35-15-36-27)13-33-14-34-25;1-14-8-18-17-5-4-15-9-16(26)6-7-20(15,2)23(17,25)19(27)10-21(18,3)24(14)22(30-13-31-24)11-28-12-29-22;1-3(7-5)2-6-4/h8,10,13,18,21-23,33H,6-7,9,11-12,14-17H2,1-5H3;8,10,13,16,19-21,31-32,35H,6-7,9,11-12,14-15H2,1-5H3;6,8,11,16,19-21,30H,4-5,7,9-10,12-15H2,1-3H3,(H,31,32);6-7,9,14,17-19,27H,4-5,8,10-13H2,1-3H3;5H,1-2,4H2/b31-20+;2*29-18+;;/t18-,21+,22+,23+,25+,26+,27?,28+,29-;16-,19+,20+,21+,24+,25+,26+,27+;16-,19+,20+,21+,23+,24+,25?,26+,27-;14-,17+,18+,19+,20+,21+,22?,23+,24-;/m1111./s1. The first kappa shape index (κ1) is 112. The Bertz CT molecular complexity index is 5560. The van der Waals surface area contributed by atoms with Crippen LogP contribution in [-0.2, 0) is 105 Å². The van der Waals surface area contributed by atoms with Crippen molar-refractivity contribution < 1.29 is 164 Å². The van der Waals surface area contributed by atoms with Crippen LogP contribution in [0.15, 0.2) is 123 Å². The quantitative estimate of drug-likeness (QED) is 0.0215. The van der Waals surface area contributed by atoms with E-state index < -0.39 is 160 Å². The molecular weight excluding hydrogens is 1960 g/mol. The number of hydrogen-bond donors (Lipinski definition) is 9. The molecule has 3 unspecified atom stereocenters. The van der Waals surface area contributed by atoms with Crippen LogP contribution >= 0.6 is 0 Å². The summed E-state index contributed by atoms with van der Waals surface area (Å²) in [4.78, 5) is 85.4. The molecule has 22 aliphatic rings. The number of carboxylic acids is 1. The molecule has 0 aromatic rings. The van der Waals surface area contributed by atoms with Gasteiger partial charge >= 0.3 is 5.97 Å². The third kappa shape index (κ3) is 15.8. The van der Waals surface area contributed by atoms with Gasteiger partial charge in [0, 0.05) is 95.2 Å². The van der Waals surface area contributed by atoms with Gasteiger partial charge < -0.3 is 122 Å². The minimum Gasteiger partial charge on any atom is -0.481 e. The monoisotopic (exact) mass is 2120 g/mol. The number of carboxylic acid groups (broad SMARTS) is 1. The van der Waals surface area contributed by atoms with E-state index in [1.807, 2.05) is 39.0 Å². The molecule has 36 nitrogen and oxygen atoms in total. The van der Waals surface area contributed by atoms with E-state index in [2.05, 4.69) is 79.2 Å². The van der Waals surface area contributed by atoms with Crippen molar-refractivity contribution >= 4 is 46.5 Å². The average Bonchev–Trinajstić information content (AvgIpc) is 1.49. The van der Waals surface area contributed by atoms with Crippen LogP contribution in [0.1, 0.15) is 205 Å². The Morgan fingerprint density at radius 3 is 1.02 bits per heavy atom. The molecule has 22 rings (SSSR count). The number of hydrogen-bond acceptors (Lipinski definition) is 33. The van der Waals surface area contributed by atoms with Crippen LogP contribution in [0.25, 0.3) is 0 Å². The van der Waals surface area contributed by atoms with Crippen LogP contribution in [0.5, 0.6) is 0 Å². The summed E-state index contributed by atoms with van der Waals surface area (Å²) in [6.45, 7) is 27.9. The fourth-order valence-corrected chi connectivity index (χ4v) is 35.0. The van der Waals surface area contributed by atoms with Crippen molar-refractivity contribution in [1.29, 1.82) is 0 Å². The van der Waals surface area contributed by atoms with Crippen molar-refractivity contribution in [2.24, 2.45) is 136 Å². The van der Waals surface area contributed by atoms with E-state index in [9.17, 15) is 54.6 Å². The highest BCUT2D eigenvalue weighted by Crippen LogP contribution is 2.80. The van der Waals surface area contributed by atoms with E-state index in [4.69, 9.17) is 81.7 Å². The highest BCUT2D eigenvalue weighted by Gasteiger charge is 2.87. The number of allylic oxidation sites excluding steroid dienone is 16. The number of fused-ring (bicyclic) bond motifs is 26. The summed E-state index contributed by atoms with van der Waals surface area (Å²) >= 11 is 0. The Morgan fingerprint density at radius 2 is 0.733 bits per heavy atom. The molecule has 12 saturated carbocycles. The summed E-state index contributed by atoms with van der Waals surface area (Å²) in [5, 5.41) is 96.4. The first-order valence-corrected chi connectivity index (χ1v) is 53.2. The lowest BCUT2D eigenvalue weighted by molar-refractivity contribution is -0.277. The lowest BCUT2D eigenvalue weighted by Gasteiger charge is -2.63. The Kier molecular flexibility index (Phi) is 29.9. The maximum atomic E-state index is 17.7. The normalized spacial score (nSPS) is 48.4. The molecule has 2 amide bonds. The SMILES string of the molecule is C=C(CON)OO.C[C@@H]1C[C@H]2[C@@H]3CCC4=C/C(=N/OCCC(=O)N(C)C)C=C[C@]4(C)[C@@]3(F)[C@@H](O)C[C@]2(C)[C@@]1(O)C(=O)CO.C[C@@H]1C[C@H]2[C@@H]3CCC4=C/C(=N/OCCC(=O)N(C)C)C=C[C@]4(C)[C@@]3(F)[C@@H](O)C[C@]2(C)[C@]12OCOC21COCO1.C[C@@H]1C[C@H]2[C@@H]3CCC4=C/C(=N/OCCC(=O)O)C=C[C@]4(C)[C@@]3(F)[C@@H](O)C[C@]2(C)[C@]12OCOC21COCO1.C[C@@H]1C[C@H]2[C@@H]3CCC4=CC(=O)C=C[C@]4(C)[C@@]3(F)[C@@H](O)C[C@]2(C)[C@]12OCOC21COCO1. The number of oxime groups is 3. The molecule has 0 bridgehead atoms. The number of aliphatic hydroxyl groups excluding tert-OH is 5. The van der Waals surface area contributed by atoms with Crippen molar-refractivity contribution in [3.8, 4) is 0 Å². The zero-order valence-electron chi connectivity index (χ0n) is 89.1. The van der Waals surface area contributed by atoms with Crippen molar-refractivity contribution in [2.45, 2.75) is 292 Å². The minimum atomic E-state index is -1.99. The second kappa shape index (κ2) is 39.9. The topological polar surface area (TPSA) is 474 Å². The highest BCUT2D eigenvalue weighted by atomic mass is 19.2. The molecule has 6 spiro atoms. The van der Waals surface area contributed by atoms with E-state index in [1.54, 1.807) is 97.6 Å². The van der Waals surface area contributed by atoms with Gasteiger partial charge in [0.25, 0.3) is 0 Å². The molecular formula is C110H154F4N6O30. The van der Waals surface area contributed by atoms with Crippen molar-refractivity contribution in [2.75, 3.05) is 122 Å². The molecule has 6 saturated heterocycles. The highest BCUT2D eigenvalue weighted by molar-refractivity contribution is 6.07. The number of aliphatic carboxylic acids is 1. The van der Waals surface area contributed by atoms with E-state index in [0.717, 1.165) is 41.6 Å². The molecule has 16 aliphatic carbocycles. The number of ketones is 2. The van der Waals surface area contributed by atoms with Crippen molar-refractivity contribution in [1.82, 2.24) is 9.80 Å². The lowest BCUT2D eigenvalue weighted by Crippen LogP contribution is -2.71. The maximum absolute atomic E-state index is 17.7. The molecule has 832 valence electrons. The molecule has 40 heteroatoms. The number of alkyl halides is 4. The van der Waals surface area contributed by atoms with Gasteiger partial charge in [-0.05, 0) is 226 Å². The fraction of sp³-hybridized carbons (Fsp3) is 0.764. The molecule has 0 aromatic heterocycles. The van der Waals surface area contributed by atoms with Gasteiger partial charge in [0.1, 0.15) is 92.4 Å². The van der Waals surface area contributed by atoms with Crippen LogP contribution in [0.3, 0.4) is 0 Å². The number of halogens is 4. The third-order valence-electron chi connectivity index (χ3n) is 41.9. The number of nitrogens with two attached hydrogens (primary N) is 1. The number of rotatable bonds is 17. The van der Waals surface area contributed by atoms with Gasteiger partial charge in [-0.1, -0.05) is 124 Å². The molecule has 35 atom stereocenters. The summed E-state index contributed by atoms with van der Waals surface area (Å²) in [5.41, 5.74) is -13.6. The van der Waals surface area contributed by atoms with Crippen molar-refractivity contribution in [3.63, 3.8) is 0 Å². The van der Waals surface area contributed by atoms with Crippen molar-refractivity contribution in [3.05, 3.63) is 108 Å². The molecule has 0 aromatic carbocycles. The summed E-state index contributed by atoms with van der Waals surface area (Å²) in [6.07, 6.45) is 24.3. The Balaban J connectivity index is 0.000000128. The number of ether oxygens (including phenoxy) is 12. The Hall–Kier alpha value is -7.50. The average molecular weight is 2120 g/mol. The van der Waals surface area contributed by atoms with E-state index in [-0.39, 0.29) is 214 Å². The molecule has 150 heavy (non-hydrogen) atoms. The first-order chi connectivity index (χ1) is 70.7. The predicted octanol–water partition coefficient (Wildman–Crippen LogP) is 11.8. The van der Waals surface area contributed by atoms with Gasteiger partial charge in [0.05, 0.1) is 43.7 Å². The predicted molar refractivity (Wildman–Crippen MR) is 529 cm³/mol. The van der Waals surface area contributed by atoms with Crippen LogP contribution in [0.2, 0.25) is 0 Å². The Labute approximate surface area is 872 Å². The minimum absolute atomic E-state index is 0.0104. The van der Waals surface area contributed by atoms with Crippen LogP contribution in [0, 0.1) is 114 Å². The number of nitrogens with zero attached hydrogens (tertiary/aromatic N) is 5. The zero-order chi connectivity index (χ0) is 108. The molecule has 6 aliphatic heterocycles. The van der Waals surface area contributed by atoms with Gasteiger partial charge in [-0.25, -0.2) is 28.7 Å². The van der Waals surface area contributed by atoms with E-state index >= 15 is 17.6 Å². The number of Topliss-reactive ketones (excluding diaryl/α,β-unsaturated/α-hetero) is 1. The number of carbonyl (C=O) groups is 5. The lowest BCUT2D eigenvalue weighted by atomic mass is 9.44. The second-order valence-corrected chi connectivity index (χ2v) is 48.5. The Morgan fingerprint density at radius 1 is 0.440 bits per heavy atom. The summed E-state index contributed by atoms with van der Waals surface area (Å²) in [6, 6.07) is 0. The smallest absolute Gasteiger partial charge is 0.306 e. The molecule has 6 heterocycles. The van der Waals surface area contributed by atoms with Crippen LogP contribution in [0.4, 0.5) is 17.6 Å². The number of aliphatic hydroxyl groups is 6. The van der Waals surface area contributed by atoms with E-state index in [1.165, 1.54) is 15.9 Å². The zero-order valence-corrected chi connectivity index (χ0v) is 89.1. The van der Waals surface area contributed by atoms with Gasteiger partial charge in [-0.15, -0.1) is 0 Å². The van der Waals surface area contributed by atoms with E-state index in [0.29, 0.717) is 74.9 Å². The molecule has 0 radical (unpaired) electrons. The largest absolute Gasteiger partial charge is 0.481 e. The fourth-order valence-electron chi connectivity index (χ4n) is 35.0. The number of carbonyl (C=O) groups excluding carboxylic acids is 4. The second-order valence-electron chi connectivity index (χ2n) is 48.5. The van der Waals surface area contributed by atoms with Crippen LogP contribution in [-0.4, -0.2) is 306 Å².